The van der Waals surface area contributed by atoms with Gasteiger partial charge in [-0.3, -0.25) is 0 Å². The number of aliphatic hydroxyl groups excluding tert-OH is 1. The SMILES string of the molecule is C[C@@H]1C[C@@H](O)C[C@@H]1C(C)(C)C. The lowest BCUT2D eigenvalue weighted by molar-refractivity contribution is 0.155. The third-order valence-electron chi connectivity index (χ3n) is 2.97. The number of hydrogen-bond acceptors (Lipinski definition) is 1. The van der Waals surface area contributed by atoms with Gasteiger partial charge in [-0.15, -0.1) is 0 Å². The first kappa shape index (κ1) is 9.05. The van der Waals surface area contributed by atoms with E-state index in [1.807, 2.05) is 0 Å². The van der Waals surface area contributed by atoms with Crippen LogP contribution in [0.3, 0.4) is 0 Å². The highest BCUT2D eigenvalue weighted by Crippen LogP contribution is 2.42. The van der Waals surface area contributed by atoms with Crippen LogP contribution in [-0.2, 0) is 0 Å². The lowest BCUT2D eigenvalue weighted by Gasteiger charge is -2.30. The van der Waals surface area contributed by atoms with Crippen LogP contribution >= 0.6 is 0 Å². The highest BCUT2D eigenvalue weighted by atomic mass is 16.3. The zero-order valence-electron chi connectivity index (χ0n) is 8.09. The molecule has 0 unspecified atom stereocenters. The first-order valence-corrected chi connectivity index (χ1v) is 4.59. The van der Waals surface area contributed by atoms with E-state index in [0.717, 1.165) is 12.8 Å². The summed E-state index contributed by atoms with van der Waals surface area (Å²) < 4.78 is 0. The van der Waals surface area contributed by atoms with Gasteiger partial charge < -0.3 is 5.11 Å². The molecule has 11 heavy (non-hydrogen) atoms. The summed E-state index contributed by atoms with van der Waals surface area (Å²) in [4.78, 5) is 0. The van der Waals surface area contributed by atoms with E-state index in [-0.39, 0.29) is 6.10 Å². The van der Waals surface area contributed by atoms with E-state index in [4.69, 9.17) is 0 Å². The van der Waals surface area contributed by atoms with Crippen molar-refractivity contribution in [3.8, 4) is 0 Å². The van der Waals surface area contributed by atoms with E-state index in [0.29, 0.717) is 17.3 Å². The molecular formula is C10H20O. The van der Waals surface area contributed by atoms with Crippen LogP contribution < -0.4 is 0 Å². The van der Waals surface area contributed by atoms with Gasteiger partial charge in [-0.05, 0) is 30.1 Å². The molecule has 1 N–H and O–H groups in total. The van der Waals surface area contributed by atoms with Crippen LogP contribution in [0.4, 0.5) is 0 Å². The van der Waals surface area contributed by atoms with Crippen LogP contribution in [0.25, 0.3) is 0 Å². The molecule has 1 nitrogen and oxygen atoms in total. The van der Waals surface area contributed by atoms with E-state index in [2.05, 4.69) is 27.7 Å². The zero-order chi connectivity index (χ0) is 8.65. The molecule has 3 atom stereocenters. The average molecular weight is 156 g/mol. The lowest BCUT2D eigenvalue weighted by atomic mass is 9.75. The molecule has 0 spiro atoms. The van der Waals surface area contributed by atoms with Gasteiger partial charge in [-0.1, -0.05) is 27.7 Å². The molecule has 0 aromatic heterocycles. The van der Waals surface area contributed by atoms with Crippen molar-refractivity contribution in [3.05, 3.63) is 0 Å². The minimum absolute atomic E-state index is 0.0331. The molecule has 1 aliphatic carbocycles. The Hall–Kier alpha value is -0.0400. The van der Waals surface area contributed by atoms with Gasteiger partial charge in [-0.25, -0.2) is 0 Å². The average Bonchev–Trinajstić information content (AvgIpc) is 2.08. The van der Waals surface area contributed by atoms with Crippen molar-refractivity contribution in [1.29, 1.82) is 0 Å². The van der Waals surface area contributed by atoms with Crippen molar-refractivity contribution in [3.63, 3.8) is 0 Å². The molecule has 0 aromatic rings. The molecule has 0 bridgehead atoms. The van der Waals surface area contributed by atoms with Crippen molar-refractivity contribution in [2.45, 2.75) is 46.6 Å². The second-order valence-corrected chi connectivity index (χ2v) is 5.08. The highest BCUT2D eigenvalue weighted by Gasteiger charge is 2.37. The maximum atomic E-state index is 9.43. The Morgan fingerprint density at radius 2 is 1.73 bits per heavy atom. The molecule has 0 saturated heterocycles. The third kappa shape index (κ3) is 1.96. The maximum absolute atomic E-state index is 9.43. The van der Waals surface area contributed by atoms with Crippen LogP contribution in [-0.4, -0.2) is 11.2 Å². The largest absolute Gasteiger partial charge is 0.393 e. The van der Waals surface area contributed by atoms with E-state index in [1.54, 1.807) is 0 Å². The van der Waals surface area contributed by atoms with Crippen molar-refractivity contribution < 1.29 is 5.11 Å². The summed E-state index contributed by atoms with van der Waals surface area (Å²) in [5.41, 5.74) is 0.372. The lowest BCUT2D eigenvalue weighted by Crippen LogP contribution is -2.22. The minimum atomic E-state index is -0.0331. The quantitative estimate of drug-likeness (QED) is 0.571. The predicted octanol–water partition coefficient (Wildman–Crippen LogP) is 2.44. The third-order valence-corrected chi connectivity index (χ3v) is 2.97. The van der Waals surface area contributed by atoms with Gasteiger partial charge in [0.1, 0.15) is 0 Å². The van der Waals surface area contributed by atoms with Gasteiger partial charge in [0.05, 0.1) is 6.10 Å². The summed E-state index contributed by atoms with van der Waals surface area (Å²) in [5, 5.41) is 9.43. The van der Waals surface area contributed by atoms with Gasteiger partial charge in [0, 0.05) is 0 Å². The fourth-order valence-corrected chi connectivity index (χ4v) is 2.42. The molecule has 1 heteroatoms. The van der Waals surface area contributed by atoms with Crippen LogP contribution in [0.15, 0.2) is 0 Å². The summed E-state index contributed by atoms with van der Waals surface area (Å²) in [6.45, 7) is 9.07. The second kappa shape index (κ2) is 2.78. The number of hydrogen-bond donors (Lipinski definition) is 1. The predicted molar refractivity (Wildman–Crippen MR) is 47.3 cm³/mol. The Morgan fingerprint density at radius 3 is 1.91 bits per heavy atom. The Morgan fingerprint density at radius 1 is 1.18 bits per heavy atom. The summed E-state index contributed by atoms with van der Waals surface area (Å²) in [6.07, 6.45) is 1.97. The van der Waals surface area contributed by atoms with Crippen molar-refractivity contribution in [2.24, 2.45) is 17.3 Å². The topological polar surface area (TPSA) is 20.2 Å². The van der Waals surface area contributed by atoms with E-state index in [1.165, 1.54) is 0 Å². The Bertz CT molecular complexity index is 134. The zero-order valence-corrected chi connectivity index (χ0v) is 8.09. The molecule has 0 aromatic carbocycles. The number of aliphatic hydroxyl groups is 1. The summed E-state index contributed by atoms with van der Waals surface area (Å²) in [7, 11) is 0. The van der Waals surface area contributed by atoms with Gasteiger partial charge in [0.25, 0.3) is 0 Å². The van der Waals surface area contributed by atoms with Gasteiger partial charge >= 0.3 is 0 Å². The second-order valence-electron chi connectivity index (χ2n) is 5.08. The molecule has 0 radical (unpaired) electrons. The maximum Gasteiger partial charge on any atom is 0.0545 e. The Balaban J connectivity index is 2.60. The molecule has 1 aliphatic rings. The summed E-state index contributed by atoms with van der Waals surface area (Å²) in [6, 6.07) is 0. The molecule has 66 valence electrons. The van der Waals surface area contributed by atoms with Crippen LogP contribution in [0.5, 0.6) is 0 Å². The Kier molecular flexibility index (Phi) is 2.29. The molecule has 1 saturated carbocycles. The monoisotopic (exact) mass is 156 g/mol. The first-order chi connectivity index (χ1) is 4.91. The summed E-state index contributed by atoms with van der Waals surface area (Å²) in [5.74, 6) is 1.41. The first-order valence-electron chi connectivity index (χ1n) is 4.59. The highest BCUT2D eigenvalue weighted by molar-refractivity contribution is 4.87. The van der Waals surface area contributed by atoms with Gasteiger partial charge in [0.2, 0.25) is 0 Å². The molecule has 0 aliphatic heterocycles. The van der Waals surface area contributed by atoms with Crippen molar-refractivity contribution >= 4 is 0 Å². The summed E-state index contributed by atoms with van der Waals surface area (Å²) >= 11 is 0. The standard InChI is InChI=1S/C10H20O/c1-7-5-8(11)6-9(7)10(2,3)4/h7-9,11H,5-6H2,1-4H3/t7-,8-,9+/m1/s1. The van der Waals surface area contributed by atoms with Gasteiger partial charge in [0.15, 0.2) is 0 Å². The molecule has 0 amide bonds. The van der Waals surface area contributed by atoms with Crippen molar-refractivity contribution in [1.82, 2.24) is 0 Å². The molecule has 1 fully saturated rings. The molecule has 1 rings (SSSR count). The fourth-order valence-electron chi connectivity index (χ4n) is 2.42. The normalized spacial score (nSPS) is 39.5. The van der Waals surface area contributed by atoms with Crippen LogP contribution in [0.2, 0.25) is 0 Å². The van der Waals surface area contributed by atoms with E-state index < -0.39 is 0 Å². The minimum Gasteiger partial charge on any atom is -0.393 e. The molecule has 0 heterocycles. The van der Waals surface area contributed by atoms with Crippen LogP contribution in [0.1, 0.15) is 40.5 Å². The van der Waals surface area contributed by atoms with Gasteiger partial charge in [-0.2, -0.15) is 0 Å². The number of rotatable bonds is 0. The Labute approximate surface area is 69.8 Å². The van der Waals surface area contributed by atoms with Crippen LogP contribution in [0, 0.1) is 17.3 Å². The van der Waals surface area contributed by atoms with Crippen molar-refractivity contribution in [2.75, 3.05) is 0 Å². The van der Waals surface area contributed by atoms with E-state index in [9.17, 15) is 5.11 Å². The molecular weight excluding hydrogens is 136 g/mol. The fraction of sp³-hybridized carbons (Fsp3) is 1.00. The smallest absolute Gasteiger partial charge is 0.0545 e. The van der Waals surface area contributed by atoms with E-state index >= 15 is 0 Å².